The standard InChI is InChI=1S/C28H20Cl2N2O7S/c1-15-24(39-28(35)37-15)14-36-26(34)22(11-16-5-3-2-4-6-16)32-25(33)21(31-27(32)40)13-18-8-10-23(38-18)17-7-9-19(29)20(30)12-17/h2-10,12-13,22H,11,14H2,1H3,(H,31,40)/b21-13+. The second kappa shape index (κ2) is 11.5. The van der Waals surface area contributed by atoms with Crippen LogP contribution in [0.3, 0.4) is 0 Å². The lowest BCUT2D eigenvalue weighted by Gasteiger charge is -2.24. The van der Waals surface area contributed by atoms with Gasteiger partial charge in [0.15, 0.2) is 23.2 Å². The molecule has 1 fully saturated rings. The van der Waals surface area contributed by atoms with Crippen molar-refractivity contribution in [3.05, 3.63) is 110 Å². The summed E-state index contributed by atoms with van der Waals surface area (Å²) < 4.78 is 21.0. The number of thiocarbonyl (C=S) groups is 1. The average Bonchev–Trinajstić information content (AvgIpc) is 3.60. The third-order valence-electron chi connectivity index (χ3n) is 6.06. The lowest BCUT2D eigenvalue weighted by atomic mass is 10.0. The van der Waals surface area contributed by atoms with Gasteiger partial charge in [0.05, 0.1) is 10.0 Å². The van der Waals surface area contributed by atoms with Crippen LogP contribution >= 0.6 is 35.4 Å². The van der Waals surface area contributed by atoms with E-state index < -0.39 is 23.7 Å². The molecule has 1 N–H and O–H groups in total. The van der Waals surface area contributed by atoms with Crippen LogP contribution in [-0.2, 0) is 27.4 Å². The fraction of sp³-hybridized carbons (Fsp3) is 0.143. The van der Waals surface area contributed by atoms with Crippen molar-refractivity contribution < 1.29 is 27.6 Å². The molecule has 4 aromatic rings. The average molecular weight is 599 g/mol. The highest BCUT2D eigenvalue weighted by molar-refractivity contribution is 7.80. The molecule has 0 bridgehead atoms. The van der Waals surface area contributed by atoms with Gasteiger partial charge in [-0.05, 0) is 55.0 Å². The van der Waals surface area contributed by atoms with Crippen LogP contribution in [-0.4, -0.2) is 27.9 Å². The van der Waals surface area contributed by atoms with Gasteiger partial charge in [-0.25, -0.2) is 9.59 Å². The van der Waals surface area contributed by atoms with E-state index in [-0.39, 0.29) is 35.4 Å². The summed E-state index contributed by atoms with van der Waals surface area (Å²) in [5, 5.41) is 3.69. The lowest BCUT2D eigenvalue weighted by Crippen LogP contribution is -2.47. The third kappa shape index (κ3) is 5.89. The van der Waals surface area contributed by atoms with Crippen LogP contribution in [0.15, 0.2) is 84.4 Å². The van der Waals surface area contributed by atoms with Gasteiger partial charge in [0.25, 0.3) is 5.91 Å². The lowest BCUT2D eigenvalue weighted by molar-refractivity contribution is -0.152. The minimum Gasteiger partial charge on any atom is -0.457 e. The van der Waals surface area contributed by atoms with Gasteiger partial charge in [0.2, 0.25) is 0 Å². The number of nitrogens with one attached hydrogen (secondary N) is 1. The molecule has 2 aromatic carbocycles. The number of nitrogens with zero attached hydrogens (tertiary/aromatic N) is 1. The molecule has 0 radical (unpaired) electrons. The highest BCUT2D eigenvalue weighted by atomic mass is 35.5. The topological polar surface area (TPSA) is 115 Å². The number of carbonyl (C=O) groups excluding carboxylic acids is 2. The predicted octanol–water partition coefficient (Wildman–Crippen LogP) is 5.52. The van der Waals surface area contributed by atoms with Gasteiger partial charge < -0.3 is 23.3 Å². The molecule has 1 aliphatic heterocycles. The monoisotopic (exact) mass is 598 g/mol. The summed E-state index contributed by atoms with van der Waals surface area (Å²) in [7, 11) is 0. The van der Waals surface area contributed by atoms with E-state index in [1.807, 2.05) is 30.3 Å². The van der Waals surface area contributed by atoms with Crippen LogP contribution in [0.2, 0.25) is 10.0 Å². The quantitative estimate of drug-likeness (QED) is 0.159. The van der Waals surface area contributed by atoms with E-state index >= 15 is 0 Å². The molecule has 9 nitrogen and oxygen atoms in total. The Labute approximate surface area is 242 Å². The zero-order chi connectivity index (χ0) is 28.4. The van der Waals surface area contributed by atoms with Crippen LogP contribution < -0.4 is 11.1 Å². The summed E-state index contributed by atoms with van der Waals surface area (Å²) in [5.41, 5.74) is 1.60. The summed E-state index contributed by atoms with van der Waals surface area (Å²) in [5.74, 6) is -1.04. The number of hydrogen-bond donors (Lipinski definition) is 1. The fourth-order valence-electron chi connectivity index (χ4n) is 4.07. The Morgan fingerprint density at radius 2 is 1.82 bits per heavy atom. The minimum atomic E-state index is -1.11. The molecular formula is C28H20Cl2N2O7S. The summed E-state index contributed by atoms with van der Waals surface area (Å²) in [4.78, 5) is 39.3. The largest absolute Gasteiger partial charge is 0.519 e. The van der Waals surface area contributed by atoms with Crippen molar-refractivity contribution >= 4 is 58.5 Å². The number of ether oxygens (including phenoxy) is 1. The maximum atomic E-state index is 13.5. The molecule has 1 atom stereocenters. The summed E-state index contributed by atoms with van der Waals surface area (Å²) in [6.45, 7) is 1.16. The van der Waals surface area contributed by atoms with E-state index in [1.54, 1.807) is 30.3 Å². The highest BCUT2D eigenvalue weighted by Crippen LogP contribution is 2.30. The number of aryl methyl sites for hydroxylation is 1. The second-order valence-corrected chi connectivity index (χ2v) is 9.94. The van der Waals surface area contributed by atoms with Gasteiger partial charge in [-0.15, -0.1) is 0 Å². The summed E-state index contributed by atoms with van der Waals surface area (Å²) in [6.07, 6.45) is 1.61. The summed E-state index contributed by atoms with van der Waals surface area (Å²) >= 11 is 17.6. The molecular weight excluding hydrogens is 579 g/mol. The van der Waals surface area contributed by atoms with E-state index in [9.17, 15) is 14.4 Å². The second-order valence-electron chi connectivity index (χ2n) is 8.74. The molecule has 0 saturated carbocycles. The summed E-state index contributed by atoms with van der Waals surface area (Å²) in [6, 6.07) is 16.5. The first kappa shape index (κ1) is 27.4. The van der Waals surface area contributed by atoms with Crippen LogP contribution in [0.4, 0.5) is 0 Å². The van der Waals surface area contributed by atoms with Crippen LogP contribution in [0, 0.1) is 6.92 Å². The van der Waals surface area contributed by atoms with E-state index in [4.69, 9.17) is 53.4 Å². The molecule has 1 unspecified atom stereocenters. The number of benzene rings is 2. The smallest absolute Gasteiger partial charge is 0.457 e. The highest BCUT2D eigenvalue weighted by Gasteiger charge is 2.41. The Bertz CT molecular complexity index is 1690. The number of esters is 1. The Hall–Kier alpha value is -4.12. The van der Waals surface area contributed by atoms with Crippen molar-refractivity contribution in [2.45, 2.75) is 26.0 Å². The van der Waals surface area contributed by atoms with Crippen molar-refractivity contribution in [1.82, 2.24) is 10.2 Å². The number of rotatable bonds is 8. The van der Waals surface area contributed by atoms with Gasteiger partial charge in [-0.1, -0.05) is 53.5 Å². The molecule has 0 spiro atoms. The van der Waals surface area contributed by atoms with Gasteiger partial charge in [0.1, 0.15) is 23.3 Å². The molecule has 1 aliphatic rings. The van der Waals surface area contributed by atoms with E-state index in [0.717, 1.165) is 10.5 Å². The molecule has 204 valence electrons. The minimum absolute atomic E-state index is 0.0245. The third-order valence-corrected chi connectivity index (χ3v) is 7.10. The Morgan fingerprint density at radius 1 is 1.05 bits per heavy atom. The van der Waals surface area contributed by atoms with E-state index in [0.29, 0.717) is 27.1 Å². The Balaban J connectivity index is 1.39. The molecule has 1 amide bonds. The predicted molar refractivity (Wildman–Crippen MR) is 150 cm³/mol. The molecule has 2 aromatic heterocycles. The van der Waals surface area contributed by atoms with E-state index in [2.05, 4.69) is 5.32 Å². The van der Waals surface area contributed by atoms with Gasteiger partial charge in [0, 0.05) is 18.1 Å². The van der Waals surface area contributed by atoms with Crippen LogP contribution in [0.25, 0.3) is 17.4 Å². The zero-order valence-corrected chi connectivity index (χ0v) is 23.1. The number of furan rings is 1. The maximum absolute atomic E-state index is 13.5. The van der Waals surface area contributed by atoms with Gasteiger partial charge in [-0.3, -0.25) is 9.69 Å². The first-order valence-electron chi connectivity index (χ1n) is 11.9. The first-order chi connectivity index (χ1) is 19.2. The number of amides is 1. The van der Waals surface area contributed by atoms with Crippen molar-refractivity contribution in [2.75, 3.05) is 0 Å². The number of hydrogen-bond acceptors (Lipinski definition) is 8. The normalized spacial score (nSPS) is 15.0. The maximum Gasteiger partial charge on any atom is 0.519 e. The molecule has 1 saturated heterocycles. The van der Waals surface area contributed by atoms with Crippen molar-refractivity contribution in [3.8, 4) is 11.3 Å². The molecule has 12 heteroatoms. The first-order valence-corrected chi connectivity index (χ1v) is 13.1. The molecule has 40 heavy (non-hydrogen) atoms. The van der Waals surface area contributed by atoms with Crippen molar-refractivity contribution in [2.24, 2.45) is 0 Å². The van der Waals surface area contributed by atoms with Crippen LogP contribution in [0.5, 0.6) is 0 Å². The van der Waals surface area contributed by atoms with Crippen molar-refractivity contribution in [1.29, 1.82) is 0 Å². The Morgan fingerprint density at radius 3 is 2.52 bits per heavy atom. The number of carbonyl (C=O) groups is 2. The molecule has 5 rings (SSSR count). The number of halogens is 2. The van der Waals surface area contributed by atoms with Gasteiger partial charge >= 0.3 is 11.8 Å². The SMILES string of the molecule is Cc1oc(=O)oc1COC(=O)C(Cc1ccccc1)N1C(=O)/C(=C\c2ccc(-c3ccc(Cl)c(Cl)c3)o2)NC1=S. The van der Waals surface area contributed by atoms with Gasteiger partial charge in [-0.2, -0.15) is 0 Å². The van der Waals surface area contributed by atoms with E-state index in [1.165, 1.54) is 13.0 Å². The Kier molecular flexibility index (Phi) is 7.92. The van der Waals surface area contributed by atoms with Crippen molar-refractivity contribution in [3.63, 3.8) is 0 Å². The van der Waals surface area contributed by atoms with Crippen LogP contribution in [0.1, 0.15) is 22.8 Å². The molecule has 0 aliphatic carbocycles. The zero-order valence-electron chi connectivity index (χ0n) is 20.8. The molecule has 3 heterocycles. The fourth-order valence-corrected chi connectivity index (χ4v) is 4.68.